The number of fused-ring (bicyclic) bond motifs is 1. The molecule has 2 heterocycles. The summed E-state index contributed by atoms with van der Waals surface area (Å²) in [5.74, 6) is 2.42. The predicted molar refractivity (Wildman–Crippen MR) is 77.9 cm³/mol. The fourth-order valence-corrected chi connectivity index (χ4v) is 3.11. The van der Waals surface area contributed by atoms with Crippen LogP contribution < -0.4 is 10.6 Å². The SMILES string of the molecule is Cl.Cl.NC1CC2CN(c3ccc(Cl)nn3)CC2C1. The van der Waals surface area contributed by atoms with Gasteiger partial charge < -0.3 is 10.6 Å². The molecule has 3 rings (SSSR count). The summed E-state index contributed by atoms with van der Waals surface area (Å²) in [5, 5.41) is 8.45. The first-order valence-electron chi connectivity index (χ1n) is 5.72. The van der Waals surface area contributed by atoms with E-state index in [9.17, 15) is 0 Å². The summed E-state index contributed by atoms with van der Waals surface area (Å²) in [4.78, 5) is 2.30. The lowest BCUT2D eigenvalue weighted by molar-refractivity contribution is 0.494. The molecule has 1 saturated heterocycles. The van der Waals surface area contributed by atoms with Gasteiger partial charge in [-0.3, -0.25) is 0 Å². The molecule has 0 spiro atoms. The molecule has 1 aromatic heterocycles. The average Bonchev–Trinajstić information content (AvgIpc) is 2.75. The van der Waals surface area contributed by atoms with Gasteiger partial charge in [-0.15, -0.1) is 35.0 Å². The lowest BCUT2D eigenvalue weighted by atomic mass is 10.0. The highest BCUT2D eigenvalue weighted by molar-refractivity contribution is 6.29. The van der Waals surface area contributed by atoms with Crippen molar-refractivity contribution in [1.29, 1.82) is 0 Å². The molecule has 7 heteroatoms. The number of halogens is 3. The van der Waals surface area contributed by atoms with E-state index in [2.05, 4.69) is 15.1 Å². The van der Waals surface area contributed by atoms with Gasteiger partial charge in [0.25, 0.3) is 0 Å². The van der Waals surface area contributed by atoms with E-state index >= 15 is 0 Å². The van der Waals surface area contributed by atoms with Crippen molar-refractivity contribution in [1.82, 2.24) is 10.2 Å². The van der Waals surface area contributed by atoms with Gasteiger partial charge in [-0.2, -0.15) is 0 Å². The Balaban J connectivity index is 0.000000810. The maximum atomic E-state index is 5.97. The number of nitrogens with zero attached hydrogens (tertiary/aromatic N) is 3. The van der Waals surface area contributed by atoms with Crippen molar-refractivity contribution in [3.05, 3.63) is 17.3 Å². The molecule has 0 radical (unpaired) electrons. The summed E-state index contributed by atoms with van der Waals surface area (Å²) in [6.45, 7) is 2.13. The molecule has 0 aromatic carbocycles. The van der Waals surface area contributed by atoms with Gasteiger partial charge in [0.15, 0.2) is 11.0 Å². The van der Waals surface area contributed by atoms with Crippen LogP contribution in [0.25, 0.3) is 0 Å². The van der Waals surface area contributed by atoms with Crippen molar-refractivity contribution in [2.24, 2.45) is 17.6 Å². The first-order chi connectivity index (χ1) is 7.72. The molecule has 0 amide bonds. The van der Waals surface area contributed by atoms with Gasteiger partial charge in [0, 0.05) is 19.1 Å². The van der Waals surface area contributed by atoms with Crippen molar-refractivity contribution < 1.29 is 0 Å². The van der Waals surface area contributed by atoms with Crippen LogP contribution in [0.1, 0.15) is 12.8 Å². The van der Waals surface area contributed by atoms with E-state index in [4.69, 9.17) is 17.3 Å². The second kappa shape index (κ2) is 6.24. The number of nitrogens with two attached hydrogens (primary N) is 1. The van der Waals surface area contributed by atoms with Gasteiger partial charge in [-0.25, -0.2) is 0 Å². The van der Waals surface area contributed by atoms with Crippen LogP contribution in [-0.2, 0) is 0 Å². The smallest absolute Gasteiger partial charge is 0.151 e. The third-order valence-electron chi connectivity index (χ3n) is 3.73. The molecule has 2 fully saturated rings. The molecule has 2 N–H and O–H groups in total. The largest absolute Gasteiger partial charge is 0.355 e. The standard InChI is InChI=1S/C11H15ClN4.2ClH/c12-10-1-2-11(15-14-10)16-5-7-3-9(13)4-8(7)6-16;;/h1-2,7-9H,3-6,13H2;2*1H. The highest BCUT2D eigenvalue weighted by atomic mass is 35.5. The molecule has 102 valence electrons. The van der Waals surface area contributed by atoms with Crippen LogP contribution in [-0.4, -0.2) is 29.3 Å². The van der Waals surface area contributed by atoms with Crippen LogP contribution in [0.5, 0.6) is 0 Å². The lowest BCUT2D eigenvalue weighted by Gasteiger charge is -2.18. The monoisotopic (exact) mass is 310 g/mol. The number of hydrogen-bond donors (Lipinski definition) is 1. The van der Waals surface area contributed by atoms with Crippen LogP contribution in [0.15, 0.2) is 12.1 Å². The predicted octanol–water partition coefficient (Wildman–Crippen LogP) is 2.15. The van der Waals surface area contributed by atoms with Gasteiger partial charge in [0.2, 0.25) is 0 Å². The van der Waals surface area contributed by atoms with Crippen molar-refractivity contribution in [2.45, 2.75) is 18.9 Å². The van der Waals surface area contributed by atoms with Crippen molar-refractivity contribution in [3.8, 4) is 0 Å². The molecule has 18 heavy (non-hydrogen) atoms. The van der Waals surface area contributed by atoms with E-state index in [1.165, 1.54) is 0 Å². The lowest BCUT2D eigenvalue weighted by Crippen LogP contribution is -2.25. The van der Waals surface area contributed by atoms with Crippen molar-refractivity contribution in [2.75, 3.05) is 18.0 Å². The Morgan fingerprint density at radius 3 is 2.22 bits per heavy atom. The average molecular weight is 312 g/mol. The number of aromatic nitrogens is 2. The molecule has 2 aliphatic rings. The van der Waals surface area contributed by atoms with Crippen LogP contribution in [0.3, 0.4) is 0 Å². The van der Waals surface area contributed by atoms with Crippen LogP contribution in [0.4, 0.5) is 5.82 Å². The minimum Gasteiger partial charge on any atom is -0.355 e. The second-order valence-corrected chi connectivity index (χ2v) is 5.26. The molecular formula is C11H17Cl3N4. The number of hydrogen-bond acceptors (Lipinski definition) is 4. The normalized spacial score (nSPS) is 29.4. The first-order valence-corrected chi connectivity index (χ1v) is 6.10. The highest BCUT2D eigenvalue weighted by Crippen LogP contribution is 2.38. The van der Waals surface area contributed by atoms with Crippen LogP contribution in [0.2, 0.25) is 5.15 Å². The summed E-state index contributed by atoms with van der Waals surface area (Å²) in [6, 6.07) is 4.15. The molecular weight excluding hydrogens is 295 g/mol. The summed E-state index contributed by atoms with van der Waals surface area (Å²) in [7, 11) is 0. The maximum absolute atomic E-state index is 5.97. The molecule has 0 bridgehead atoms. The van der Waals surface area contributed by atoms with Crippen molar-refractivity contribution in [3.63, 3.8) is 0 Å². The maximum Gasteiger partial charge on any atom is 0.151 e. The van der Waals surface area contributed by atoms with Gasteiger partial charge in [0.05, 0.1) is 0 Å². The van der Waals surface area contributed by atoms with E-state index in [-0.39, 0.29) is 24.8 Å². The topological polar surface area (TPSA) is 55.0 Å². The fourth-order valence-electron chi connectivity index (χ4n) is 3.01. The van der Waals surface area contributed by atoms with E-state index in [1.807, 2.05) is 6.07 Å². The van der Waals surface area contributed by atoms with Gasteiger partial charge in [0.1, 0.15) is 0 Å². The number of anilines is 1. The summed E-state index contributed by atoms with van der Waals surface area (Å²) in [6.07, 6.45) is 2.31. The molecule has 1 saturated carbocycles. The minimum atomic E-state index is 0. The van der Waals surface area contributed by atoms with E-state index in [0.717, 1.165) is 43.6 Å². The third kappa shape index (κ3) is 2.99. The Labute approximate surface area is 124 Å². The zero-order chi connectivity index (χ0) is 11.1. The summed E-state index contributed by atoms with van der Waals surface area (Å²) < 4.78 is 0. The zero-order valence-electron chi connectivity index (χ0n) is 9.83. The van der Waals surface area contributed by atoms with Crippen molar-refractivity contribution >= 4 is 42.2 Å². The quantitative estimate of drug-likeness (QED) is 0.863. The van der Waals surface area contributed by atoms with Gasteiger partial charge in [-0.05, 0) is 36.8 Å². The Morgan fingerprint density at radius 1 is 1.11 bits per heavy atom. The van der Waals surface area contributed by atoms with Gasteiger partial charge >= 0.3 is 0 Å². The summed E-state index contributed by atoms with van der Waals surface area (Å²) >= 11 is 5.72. The molecule has 1 aliphatic heterocycles. The Kier molecular flexibility index (Phi) is 5.46. The van der Waals surface area contributed by atoms with E-state index in [0.29, 0.717) is 11.2 Å². The zero-order valence-corrected chi connectivity index (χ0v) is 12.2. The highest BCUT2D eigenvalue weighted by Gasteiger charge is 2.39. The second-order valence-electron chi connectivity index (χ2n) is 4.87. The van der Waals surface area contributed by atoms with Crippen LogP contribution in [0, 0.1) is 11.8 Å². The molecule has 2 atom stereocenters. The molecule has 1 aromatic rings. The molecule has 2 unspecified atom stereocenters. The number of rotatable bonds is 1. The molecule has 1 aliphatic carbocycles. The Morgan fingerprint density at radius 2 is 1.72 bits per heavy atom. The van der Waals surface area contributed by atoms with E-state index in [1.54, 1.807) is 6.07 Å². The summed E-state index contributed by atoms with van der Waals surface area (Å²) in [5.41, 5.74) is 5.97. The Bertz CT molecular complexity index is 372. The van der Waals surface area contributed by atoms with Crippen LogP contribution >= 0.6 is 36.4 Å². The first kappa shape index (κ1) is 15.8. The molecule has 4 nitrogen and oxygen atoms in total. The van der Waals surface area contributed by atoms with Gasteiger partial charge in [-0.1, -0.05) is 11.6 Å². The van der Waals surface area contributed by atoms with E-state index < -0.39 is 0 Å². The third-order valence-corrected chi connectivity index (χ3v) is 3.93. The fraction of sp³-hybridized carbons (Fsp3) is 0.636. The Hall–Kier alpha value is -0.290. The minimum absolute atomic E-state index is 0.